The highest BCUT2D eigenvalue weighted by Crippen LogP contribution is 2.11. The number of nitrogens with two attached hydrogens (primary N) is 2. The van der Waals surface area contributed by atoms with Gasteiger partial charge < -0.3 is 21.7 Å². The normalized spacial score (nSPS) is 12.5. The summed E-state index contributed by atoms with van der Waals surface area (Å²) < 4.78 is 0. The lowest BCUT2D eigenvalue weighted by atomic mass is 10.1. The second-order valence-electron chi connectivity index (χ2n) is 5.55. The van der Waals surface area contributed by atoms with Gasteiger partial charge in [0.05, 0.1) is 0 Å². The molecule has 6 nitrogen and oxygen atoms in total. The van der Waals surface area contributed by atoms with Crippen molar-refractivity contribution in [3.05, 3.63) is 69.7 Å². The summed E-state index contributed by atoms with van der Waals surface area (Å²) in [6.07, 6.45) is 0.652. The Morgan fingerprint density at radius 2 is 1.00 bits per heavy atom. The predicted octanol–water partition coefficient (Wildman–Crippen LogP) is 2.59. The van der Waals surface area contributed by atoms with Crippen LogP contribution < -0.4 is 11.5 Å². The number of hydrogen-bond acceptors (Lipinski definition) is 4. The molecule has 0 spiro atoms. The van der Waals surface area contributed by atoms with E-state index in [0.29, 0.717) is 22.9 Å². The highest BCUT2D eigenvalue weighted by molar-refractivity contribution is 6.30. The van der Waals surface area contributed by atoms with Gasteiger partial charge in [-0.3, -0.25) is 9.59 Å². The summed E-state index contributed by atoms with van der Waals surface area (Å²) in [6, 6.07) is 12.2. The second kappa shape index (κ2) is 10.8. The van der Waals surface area contributed by atoms with Crippen LogP contribution in [0.4, 0.5) is 0 Å². The molecule has 2 rings (SSSR count). The van der Waals surface area contributed by atoms with Gasteiger partial charge in [0.15, 0.2) is 0 Å². The van der Waals surface area contributed by atoms with Gasteiger partial charge in [0.1, 0.15) is 12.1 Å². The third-order valence-electron chi connectivity index (χ3n) is 3.37. The van der Waals surface area contributed by atoms with E-state index in [-0.39, 0.29) is 0 Å². The van der Waals surface area contributed by atoms with Crippen LogP contribution in [0.3, 0.4) is 0 Å². The van der Waals surface area contributed by atoms with E-state index in [0.717, 1.165) is 11.1 Å². The molecule has 2 aromatic carbocycles. The number of benzene rings is 2. The van der Waals surface area contributed by atoms with Crippen molar-refractivity contribution in [2.24, 2.45) is 11.5 Å². The van der Waals surface area contributed by atoms with Gasteiger partial charge in [-0.2, -0.15) is 0 Å². The van der Waals surface area contributed by atoms with Crippen LogP contribution in [0, 0.1) is 0 Å². The summed E-state index contributed by atoms with van der Waals surface area (Å²) in [4.78, 5) is 20.8. The van der Waals surface area contributed by atoms with Crippen LogP contribution in [-0.2, 0) is 22.4 Å². The van der Waals surface area contributed by atoms with Gasteiger partial charge in [0.25, 0.3) is 0 Å². The lowest BCUT2D eigenvalue weighted by Crippen LogP contribution is -2.32. The average Bonchev–Trinajstić information content (AvgIpc) is 2.59. The lowest BCUT2D eigenvalue weighted by molar-refractivity contribution is -0.139. The van der Waals surface area contributed by atoms with Gasteiger partial charge in [0.2, 0.25) is 0 Å². The lowest BCUT2D eigenvalue weighted by Gasteiger charge is -2.05. The fourth-order valence-electron chi connectivity index (χ4n) is 1.92. The highest BCUT2D eigenvalue weighted by Gasteiger charge is 2.12. The van der Waals surface area contributed by atoms with Gasteiger partial charge in [-0.25, -0.2) is 0 Å². The molecule has 2 atom stereocenters. The SMILES string of the molecule is N[C@@H](Cc1ccc(Cl)cc1)C(=O)O.N[C@@H](Cc1ccc(Cl)cc1)C(=O)O. The standard InChI is InChI=1S/2C9H10ClNO2/c2*10-7-3-1-6(2-4-7)5-8(11)9(12)13/h2*1-4,8H,5,11H2,(H,12,13)/t2*8-/m00/s1. The summed E-state index contributed by atoms with van der Waals surface area (Å²) in [5.74, 6) is -1.98. The molecule has 0 saturated carbocycles. The zero-order valence-corrected chi connectivity index (χ0v) is 15.3. The van der Waals surface area contributed by atoms with Gasteiger partial charge in [-0.1, -0.05) is 47.5 Å². The number of carboxylic acids is 2. The number of rotatable bonds is 6. The molecule has 0 fully saturated rings. The third kappa shape index (κ3) is 8.31. The van der Waals surface area contributed by atoms with Gasteiger partial charge in [-0.05, 0) is 48.2 Å². The first-order valence-electron chi connectivity index (χ1n) is 7.64. The molecule has 0 bridgehead atoms. The summed E-state index contributed by atoms with van der Waals surface area (Å²) in [7, 11) is 0. The Morgan fingerprint density at radius 3 is 1.23 bits per heavy atom. The number of carbonyl (C=O) groups is 2. The molecule has 0 radical (unpaired) electrons. The topological polar surface area (TPSA) is 127 Å². The first-order valence-corrected chi connectivity index (χ1v) is 8.40. The van der Waals surface area contributed by atoms with Gasteiger partial charge in [0, 0.05) is 10.0 Å². The molecule has 0 amide bonds. The minimum atomic E-state index is -0.991. The quantitative estimate of drug-likeness (QED) is 0.592. The van der Waals surface area contributed by atoms with Crippen molar-refractivity contribution in [1.82, 2.24) is 0 Å². The van der Waals surface area contributed by atoms with Gasteiger partial charge >= 0.3 is 11.9 Å². The Balaban J connectivity index is 0.000000260. The number of hydrogen-bond donors (Lipinski definition) is 4. The summed E-state index contributed by atoms with van der Waals surface area (Å²) in [5.41, 5.74) is 12.5. The van der Waals surface area contributed by atoms with Crippen LogP contribution in [0.15, 0.2) is 48.5 Å². The van der Waals surface area contributed by atoms with E-state index in [1.807, 2.05) is 0 Å². The second-order valence-corrected chi connectivity index (χ2v) is 6.42. The molecule has 8 heteroatoms. The summed E-state index contributed by atoms with van der Waals surface area (Å²) in [5, 5.41) is 18.4. The minimum Gasteiger partial charge on any atom is -0.480 e. The largest absolute Gasteiger partial charge is 0.480 e. The number of aliphatic carboxylic acids is 2. The van der Waals surface area contributed by atoms with Crippen molar-refractivity contribution in [1.29, 1.82) is 0 Å². The minimum absolute atomic E-state index is 0.326. The van der Waals surface area contributed by atoms with Gasteiger partial charge in [-0.15, -0.1) is 0 Å². The maximum atomic E-state index is 10.4. The molecule has 0 aromatic heterocycles. The summed E-state index contributed by atoms with van der Waals surface area (Å²) >= 11 is 11.3. The molecule has 0 heterocycles. The van der Waals surface area contributed by atoms with Crippen molar-refractivity contribution in [3.63, 3.8) is 0 Å². The van der Waals surface area contributed by atoms with Crippen molar-refractivity contribution < 1.29 is 19.8 Å². The Bertz CT molecular complexity index is 657. The molecule has 0 saturated heterocycles. The molecule has 0 aliphatic heterocycles. The first kappa shape index (κ1) is 21.9. The van der Waals surface area contributed by atoms with E-state index in [9.17, 15) is 9.59 Å². The fraction of sp³-hybridized carbons (Fsp3) is 0.222. The van der Waals surface area contributed by atoms with Crippen LogP contribution in [-0.4, -0.2) is 34.2 Å². The highest BCUT2D eigenvalue weighted by atomic mass is 35.5. The Kier molecular flexibility index (Phi) is 9.09. The Labute approximate surface area is 161 Å². The monoisotopic (exact) mass is 398 g/mol. The molecule has 140 valence electrons. The van der Waals surface area contributed by atoms with E-state index in [1.54, 1.807) is 48.5 Å². The van der Waals surface area contributed by atoms with Crippen molar-refractivity contribution in [2.45, 2.75) is 24.9 Å². The molecule has 26 heavy (non-hydrogen) atoms. The molecular weight excluding hydrogens is 379 g/mol. The Hall–Kier alpha value is -2.12. The zero-order valence-electron chi connectivity index (χ0n) is 13.8. The van der Waals surface area contributed by atoms with E-state index in [1.165, 1.54) is 0 Å². The van der Waals surface area contributed by atoms with Crippen molar-refractivity contribution in [3.8, 4) is 0 Å². The van der Waals surface area contributed by atoms with Crippen LogP contribution in [0.1, 0.15) is 11.1 Å². The summed E-state index contributed by atoms with van der Waals surface area (Å²) in [6.45, 7) is 0. The average molecular weight is 399 g/mol. The molecule has 6 N–H and O–H groups in total. The molecule has 0 unspecified atom stereocenters. The number of carboxylic acid groups (broad SMARTS) is 2. The van der Waals surface area contributed by atoms with Crippen molar-refractivity contribution in [2.75, 3.05) is 0 Å². The fourth-order valence-corrected chi connectivity index (χ4v) is 2.18. The maximum Gasteiger partial charge on any atom is 0.320 e. The third-order valence-corrected chi connectivity index (χ3v) is 3.88. The molecule has 0 aliphatic rings. The van der Waals surface area contributed by atoms with Crippen LogP contribution >= 0.6 is 23.2 Å². The molecule has 0 aliphatic carbocycles. The zero-order chi connectivity index (χ0) is 19.7. The van der Waals surface area contributed by atoms with E-state index < -0.39 is 24.0 Å². The van der Waals surface area contributed by atoms with E-state index in [4.69, 9.17) is 44.9 Å². The van der Waals surface area contributed by atoms with Crippen molar-refractivity contribution >= 4 is 35.1 Å². The molecule has 2 aromatic rings. The Morgan fingerprint density at radius 1 is 0.731 bits per heavy atom. The van der Waals surface area contributed by atoms with Crippen LogP contribution in [0.25, 0.3) is 0 Å². The maximum absolute atomic E-state index is 10.4. The van der Waals surface area contributed by atoms with Crippen LogP contribution in [0.5, 0.6) is 0 Å². The van der Waals surface area contributed by atoms with E-state index >= 15 is 0 Å². The van der Waals surface area contributed by atoms with Crippen LogP contribution in [0.2, 0.25) is 10.0 Å². The first-order chi connectivity index (χ1) is 12.2. The predicted molar refractivity (Wildman–Crippen MR) is 102 cm³/mol. The molecular formula is C18H20Cl2N2O4. The number of halogens is 2. The smallest absolute Gasteiger partial charge is 0.320 e. The van der Waals surface area contributed by atoms with E-state index in [2.05, 4.69) is 0 Å².